The third-order valence-electron chi connectivity index (χ3n) is 3.32. The largest absolute Gasteiger partial charge is 0.443 e. The molecule has 2 heterocycles. The molecule has 2 aromatic rings. The van der Waals surface area contributed by atoms with Crippen LogP contribution in [0.25, 0.3) is 0 Å². The molecule has 0 aliphatic heterocycles. The number of aryl methyl sites for hydroxylation is 2. The van der Waals surface area contributed by atoms with Crippen molar-refractivity contribution in [1.29, 1.82) is 0 Å². The van der Waals surface area contributed by atoms with Gasteiger partial charge in [-0.1, -0.05) is 0 Å². The second kappa shape index (κ2) is 5.13. The van der Waals surface area contributed by atoms with Crippen molar-refractivity contribution in [2.45, 2.75) is 38.0 Å². The summed E-state index contributed by atoms with van der Waals surface area (Å²) in [4.78, 5) is 5.57. The second-order valence-electron chi connectivity index (χ2n) is 4.77. The lowest BCUT2D eigenvalue weighted by Gasteiger charge is -2.08. The minimum atomic E-state index is -4.45. The molecule has 0 fully saturated rings. The molecule has 0 aromatic carbocycles. The van der Waals surface area contributed by atoms with Crippen molar-refractivity contribution in [1.82, 2.24) is 4.98 Å². The minimum absolute atomic E-state index is 0.246. The standard InChI is InChI=1S/C13H12F3NOS2/c14-13(15,16)12-17-6-10(20-12)11(18)9-5-7-3-1-2-4-8(7)19-9/h5-6,11,18H,1-4H2. The SMILES string of the molecule is OC(c1cnc(C(F)(F)F)s1)c1cc2c(s1)CCCC2. The molecule has 0 radical (unpaired) electrons. The van der Waals surface area contributed by atoms with Gasteiger partial charge in [-0.15, -0.1) is 22.7 Å². The van der Waals surface area contributed by atoms with E-state index in [1.54, 1.807) is 0 Å². The van der Waals surface area contributed by atoms with Gasteiger partial charge < -0.3 is 5.11 Å². The Morgan fingerprint density at radius 1 is 1.15 bits per heavy atom. The summed E-state index contributed by atoms with van der Waals surface area (Å²) < 4.78 is 37.6. The highest BCUT2D eigenvalue weighted by Gasteiger charge is 2.35. The van der Waals surface area contributed by atoms with Crippen LogP contribution in [-0.4, -0.2) is 10.1 Å². The topological polar surface area (TPSA) is 33.1 Å². The molecule has 2 nitrogen and oxygen atoms in total. The first kappa shape index (κ1) is 14.0. The van der Waals surface area contributed by atoms with Gasteiger partial charge in [-0.2, -0.15) is 13.2 Å². The first-order chi connectivity index (χ1) is 9.45. The van der Waals surface area contributed by atoms with E-state index in [-0.39, 0.29) is 4.88 Å². The Labute approximate surface area is 121 Å². The number of hydrogen-bond acceptors (Lipinski definition) is 4. The highest BCUT2D eigenvalue weighted by atomic mass is 32.1. The van der Waals surface area contributed by atoms with Gasteiger partial charge in [-0.3, -0.25) is 0 Å². The zero-order valence-corrected chi connectivity index (χ0v) is 12.0. The number of thiophene rings is 1. The number of fused-ring (bicyclic) bond motifs is 1. The van der Waals surface area contributed by atoms with E-state index in [0.717, 1.165) is 31.9 Å². The van der Waals surface area contributed by atoms with E-state index < -0.39 is 17.3 Å². The van der Waals surface area contributed by atoms with Crippen LogP contribution in [0.5, 0.6) is 0 Å². The maximum absolute atomic E-state index is 12.5. The van der Waals surface area contributed by atoms with Gasteiger partial charge >= 0.3 is 6.18 Å². The van der Waals surface area contributed by atoms with Crippen LogP contribution in [0.4, 0.5) is 13.2 Å². The molecule has 1 aliphatic carbocycles. The number of alkyl halides is 3. The molecule has 1 N–H and O–H groups in total. The monoisotopic (exact) mass is 319 g/mol. The molecule has 0 amide bonds. The van der Waals surface area contributed by atoms with Crippen molar-refractivity contribution in [3.8, 4) is 0 Å². The quantitative estimate of drug-likeness (QED) is 0.900. The molecule has 2 aromatic heterocycles. The molecule has 7 heteroatoms. The number of halogens is 3. The Hall–Kier alpha value is -0.920. The van der Waals surface area contributed by atoms with E-state index in [9.17, 15) is 18.3 Å². The molecule has 1 aliphatic rings. The number of hydrogen-bond donors (Lipinski definition) is 1. The van der Waals surface area contributed by atoms with Crippen LogP contribution in [0.1, 0.15) is 44.1 Å². The van der Waals surface area contributed by atoms with Crippen LogP contribution in [-0.2, 0) is 19.0 Å². The van der Waals surface area contributed by atoms with Crippen molar-refractivity contribution >= 4 is 22.7 Å². The molecular formula is C13H12F3NOS2. The van der Waals surface area contributed by atoms with Crippen molar-refractivity contribution in [2.75, 3.05) is 0 Å². The summed E-state index contributed by atoms with van der Waals surface area (Å²) >= 11 is 2.01. The van der Waals surface area contributed by atoms with Crippen LogP contribution < -0.4 is 0 Å². The number of aromatic nitrogens is 1. The summed E-state index contributed by atoms with van der Waals surface area (Å²) in [5.74, 6) is 0. The zero-order valence-electron chi connectivity index (χ0n) is 10.4. The van der Waals surface area contributed by atoms with E-state index in [0.29, 0.717) is 16.2 Å². The van der Waals surface area contributed by atoms with E-state index in [1.807, 2.05) is 6.07 Å². The third-order valence-corrected chi connectivity index (χ3v) is 5.70. The summed E-state index contributed by atoms with van der Waals surface area (Å²) in [7, 11) is 0. The van der Waals surface area contributed by atoms with Crippen LogP contribution >= 0.6 is 22.7 Å². The van der Waals surface area contributed by atoms with Crippen molar-refractivity contribution in [3.05, 3.63) is 37.5 Å². The van der Waals surface area contributed by atoms with E-state index in [4.69, 9.17) is 0 Å². The Kier molecular flexibility index (Phi) is 3.60. The highest BCUT2D eigenvalue weighted by molar-refractivity contribution is 7.13. The fraction of sp³-hybridized carbons (Fsp3) is 0.462. The second-order valence-corrected chi connectivity index (χ2v) is 7.00. The zero-order chi connectivity index (χ0) is 14.3. The number of aliphatic hydroxyl groups is 1. The lowest BCUT2D eigenvalue weighted by Crippen LogP contribution is -2.03. The normalized spacial score (nSPS) is 17.0. The Bertz CT molecular complexity index is 594. The lowest BCUT2D eigenvalue weighted by atomic mass is 9.99. The lowest BCUT2D eigenvalue weighted by molar-refractivity contribution is -0.137. The maximum atomic E-state index is 12.5. The fourth-order valence-corrected chi connectivity index (χ4v) is 4.46. The number of aliphatic hydroxyl groups excluding tert-OH is 1. The van der Waals surface area contributed by atoms with Crippen LogP contribution in [0.3, 0.4) is 0 Å². The first-order valence-corrected chi connectivity index (χ1v) is 7.91. The van der Waals surface area contributed by atoms with Gasteiger partial charge in [0.05, 0.1) is 4.88 Å². The van der Waals surface area contributed by atoms with Gasteiger partial charge in [-0.25, -0.2) is 4.98 Å². The molecule has 20 heavy (non-hydrogen) atoms. The van der Waals surface area contributed by atoms with Gasteiger partial charge in [0.2, 0.25) is 0 Å². The Morgan fingerprint density at radius 2 is 1.90 bits per heavy atom. The Morgan fingerprint density at radius 3 is 2.55 bits per heavy atom. The minimum Gasteiger partial charge on any atom is -0.382 e. The number of thiazole rings is 1. The summed E-state index contributed by atoms with van der Waals surface area (Å²) in [6.07, 6.45) is -0.0500. The molecule has 108 valence electrons. The summed E-state index contributed by atoms with van der Waals surface area (Å²) in [6.45, 7) is 0. The number of nitrogens with zero attached hydrogens (tertiary/aromatic N) is 1. The van der Waals surface area contributed by atoms with Gasteiger partial charge in [0.25, 0.3) is 0 Å². The molecule has 1 unspecified atom stereocenters. The van der Waals surface area contributed by atoms with Crippen LogP contribution in [0, 0.1) is 0 Å². The Balaban J connectivity index is 1.86. The van der Waals surface area contributed by atoms with Crippen LogP contribution in [0.15, 0.2) is 12.3 Å². The van der Waals surface area contributed by atoms with Crippen molar-refractivity contribution < 1.29 is 18.3 Å². The van der Waals surface area contributed by atoms with E-state index in [2.05, 4.69) is 4.98 Å². The van der Waals surface area contributed by atoms with Gasteiger partial charge in [0, 0.05) is 16.0 Å². The van der Waals surface area contributed by atoms with Crippen molar-refractivity contribution in [2.24, 2.45) is 0 Å². The van der Waals surface area contributed by atoms with E-state index >= 15 is 0 Å². The molecule has 0 saturated carbocycles. The summed E-state index contributed by atoms with van der Waals surface area (Å²) in [6, 6.07) is 1.93. The first-order valence-electron chi connectivity index (χ1n) is 6.27. The van der Waals surface area contributed by atoms with Crippen LogP contribution in [0.2, 0.25) is 0 Å². The average Bonchev–Trinajstić information content (AvgIpc) is 3.04. The summed E-state index contributed by atoms with van der Waals surface area (Å²) in [5.41, 5.74) is 1.23. The number of rotatable bonds is 2. The van der Waals surface area contributed by atoms with Crippen molar-refractivity contribution in [3.63, 3.8) is 0 Å². The van der Waals surface area contributed by atoms with Gasteiger partial charge in [0.15, 0.2) is 5.01 Å². The predicted octanol–water partition coefficient (Wildman–Crippen LogP) is 4.18. The molecule has 0 bridgehead atoms. The fourth-order valence-electron chi connectivity index (χ4n) is 2.33. The van der Waals surface area contributed by atoms with Gasteiger partial charge in [-0.05, 0) is 37.3 Å². The molecular weight excluding hydrogens is 307 g/mol. The molecule has 3 rings (SSSR count). The van der Waals surface area contributed by atoms with Gasteiger partial charge in [0.1, 0.15) is 6.10 Å². The highest BCUT2D eigenvalue weighted by Crippen LogP contribution is 2.39. The average molecular weight is 319 g/mol. The van der Waals surface area contributed by atoms with E-state index in [1.165, 1.54) is 21.8 Å². The maximum Gasteiger partial charge on any atom is 0.443 e. The summed E-state index contributed by atoms with van der Waals surface area (Å²) in [5, 5.41) is 9.32. The molecule has 0 spiro atoms. The molecule has 1 atom stereocenters. The predicted molar refractivity (Wildman–Crippen MR) is 72.1 cm³/mol. The molecule has 0 saturated heterocycles. The smallest absolute Gasteiger partial charge is 0.382 e. The third kappa shape index (κ3) is 2.62.